The van der Waals surface area contributed by atoms with E-state index in [1.807, 2.05) is 6.92 Å². The molecule has 2 aromatic rings. The topological polar surface area (TPSA) is 12.9 Å². The van der Waals surface area contributed by atoms with Gasteiger partial charge in [0.2, 0.25) is 0 Å². The molecule has 0 N–H and O–H groups in total. The third kappa shape index (κ3) is 1.39. The smallest absolute Gasteiger partial charge is 0.0739 e. The molecule has 0 atom stereocenters. The Hall–Kier alpha value is -1.37. The zero-order valence-corrected chi connectivity index (χ0v) is 8.96. The van der Waals surface area contributed by atoms with Crippen molar-refractivity contribution in [3.63, 3.8) is 0 Å². The first-order chi connectivity index (χ1) is 6.72. The van der Waals surface area contributed by atoms with Gasteiger partial charge in [0.05, 0.1) is 5.52 Å². The Labute approximate surface area is 84.8 Å². The van der Waals surface area contributed by atoms with Crippen LogP contribution in [-0.4, -0.2) is 4.98 Å². The molecular weight excluding hydrogens is 170 g/mol. The van der Waals surface area contributed by atoms with Crippen LogP contribution in [0.4, 0.5) is 0 Å². The highest BCUT2D eigenvalue weighted by atomic mass is 14.7. The van der Waals surface area contributed by atoms with Gasteiger partial charge in [-0.15, -0.1) is 0 Å². The van der Waals surface area contributed by atoms with Gasteiger partial charge in [-0.05, 0) is 37.5 Å². The second kappa shape index (κ2) is 3.41. The summed E-state index contributed by atoms with van der Waals surface area (Å²) in [6.07, 6.45) is 1.05. The molecule has 0 unspecified atom stereocenters. The van der Waals surface area contributed by atoms with Gasteiger partial charge in [0.25, 0.3) is 0 Å². The molecule has 0 fully saturated rings. The van der Waals surface area contributed by atoms with Crippen LogP contribution in [0.5, 0.6) is 0 Å². The number of aromatic nitrogens is 1. The normalized spacial score (nSPS) is 10.8. The fourth-order valence-corrected chi connectivity index (χ4v) is 1.80. The van der Waals surface area contributed by atoms with Gasteiger partial charge in [0, 0.05) is 11.1 Å². The molecule has 0 aliphatic carbocycles. The van der Waals surface area contributed by atoms with Crippen LogP contribution in [0.15, 0.2) is 24.3 Å². The molecule has 1 heteroatoms. The fourth-order valence-electron chi connectivity index (χ4n) is 1.80. The standard InChI is InChI=1S/C13H15N/c1-4-11-7-5-9(2)12-8-6-10(3)14-13(11)12/h5-8H,4H2,1-3H3. The highest BCUT2D eigenvalue weighted by Crippen LogP contribution is 2.21. The minimum atomic E-state index is 1.05. The van der Waals surface area contributed by atoms with Crippen molar-refractivity contribution in [3.8, 4) is 0 Å². The van der Waals surface area contributed by atoms with E-state index in [2.05, 4.69) is 43.1 Å². The molecule has 0 saturated heterocycles. The minimum Gasteiger partial charge on any atom is -0.253 e. The average molecular weight is 185 g/mol. The predicted molar refractivity (Wildman–Crippen MR) is 60.6 cm³/mol. The van der Waals surface area contributed by atoms with Gasteiger partial charge in [-0.1, -0.05) is 25.1 Å². The van der Waals surface area contributed by atoms with Gasteiger partial charge in [-0.25, -0.2) is 0 Å². The number of rotatable bonds is 1. The molecule has 72 valence electrons. The van der Waals surface area contributed by atoms with Gasteiger partial charge >= 0.3 is 0 Å². The van der Waals surface area contributed by atoms with E-state index < -0.39 is 0 Å². The van der Waals surface area contributed by atoms with Crippen LogP contribution in [-0.2, 0) is 6.42 Å². The van der Waals surface area contributed by atoms with Crippen LogP contribution in [0, 0.1) is 13.8 Å². The lowest BCUT2D eigenvalue weighted by molar-refractivity contribution is 1.13. The van der Waals surface area contributed by atoms with Crippen molar-refractivity contribution in [1.82, 2.24) is 4.98 Å². The Morgan fingerprint density at radius 2 is 1.86 bits per heavy atom. The zero-order valence-electron chi connectivity index (χ0n) is 8.96. The predicted octanol–water partition coefficient (Wildman–Crippen LogP) is 3.41. The molecule has 2 rings (SSSR count). The van der Waals surface area contributed by atoms with Gasteiger partial charge in [-0.3, -0.25) is 4.98 Å². The maximum Gasteiger partial charge on any atom is 0.0739 e. The number of fused-ring (bicyclic) bond motifs is 1. The summed E-state index contributed by atoms with van der Waals surface area (Å²) in [6, 6.07) is 8.61. The van der Waals surface area contributed by atoms with E-state index in [1.165, 1.54) is 22.0 Å². The monoisotopic (exact) mass is 185 g/mol. The molecule has 14 heavy (non-hydrogen) atoms. The second-order valence-corrected chi connectivity index (χ2v) is 3.74. The van der Waals surface area contributed by atoms with E-state index in [0.717, 1.165) is 12.1 Å². The Bertz CT molecular complexity index is 472. The molecule has 0 spiro atoms. The quantitative estimate of drug-likeness (QED) is 0.663. The third-order valence-electron chi connectivity index (χ3n) is 2.68. The first-order valence-corrected chi connectivity index (χ1v) is 5.08. The van der Waals surface area contributed by atoms with Crippen molar-refractivity contribution in [2.45, 2.75) is 27.2 Å². The number of hydrogen-bond donors (Lipinski definition) is 0. The second-order valence-electron chi connectivity index (χ2n) is 3.74. The van der Waals surface area contributed by atoms with E-state index in [0.29, 0.717) is 0 Å². The molecule has 1 aromatic carbocycles. The first kappa shape index (κ1) is 9.20. The van der Waals surface area contributed by atoms with Crippen molar-refractivity contribution in [2.24, 2.45) is 0 Å². The summed E-state index contributed by atoms with van der Waals surface area (Å²) in [5.41, 5.74) is 4.92. The van der Waals surface area contributed by atoms with E-state index in [-0.39, 0.29) is 0 Å². The summed E-state index contributed by atoms with van der Waals surface area (Å²) in [6.45, 7) is 6.36. The van der Waals surface area contributed by atoms with E-state index >= 15 is 0 Å². The van der Waals surface area contributed by atoms with Crippen LogP contribution in [0.25, 0.3) is 10.9 Å². The Balaban J connectivity index is 2.85. The highest BCUT2D eigenvalue weighted by molar-refractivity contribution is 5.85. The third-order valence-corrected chi connectivity index (χ3v) is 2.68. The van der Waals surface area contributed by atoms with Crippen molar-refractivity contribution >= 4 is 10.9 Å². The van der Waals surface area contributed by atoms with E-state index in [9.17, 15) is 0 Å². The molecule has 0 aliphatic rings. The molecular formula is C13H15N. The Morgan fingerprint density at radius 3 is 2.57 bits per heavy atom. The Morgan fingerprint density at radius 1 is 1.07 bits per heavy atom. The van der Waals surface area contributed by atoms with Crippen LogP contribution in [0.3, 0.4) is 0 Å². The first-order valence-electron chi connectivity index (χ1n) is 5.08. The SMILES string of the molecule is CCc1ccc(C)c2ccc(C)nc12. The molecule has 0 radical (unpaired) electrons. The fraction of sp³-hybridized carbons (Fsp3) is 0.308. The molecule has 1 nitrogen and oxygen atoms in total. The maximum absolute atomic E-state index is 4.61. The Kier molecular flexibility index (Phi) is 2.24. The van der Waals surface area contributed by atoms with E-state index in [4.69, 9.17) is 0 Å². The summed E-state index contributed by atoms with van der Waals surface area (Å²) < 4.78 is 0. The summed E-state index contributed by atoms with van der Waals surface area (Å²) in [7, 11) is 0. The molecule has 0 aliphatic heterocycles. The minimum absolute atomic E-state index is 1.05. The lowest BCUT2D eigenvalue weighted by atomic mass is 10.0. The van der Waals surface area contributed by atoms with Crippen LogP contribution in [0.2, 0.25) is 0 Å². The molecule has 0 saturated carbocycles. The van der Waals surface area contributed by atoms with Gasteiger partial charge in [0.1, 0.15) is 0 Å². The van der Waals surface area contributed by atoms with Crippen molar-refractivity contribution in [2.75, 3.05) is 0 Å². The number of benzene rings is 1. The molecule has 1 heterocycles. The zero-order chi connectivity index (χ0) is 10.1. The molecule has 0 amide bonds. The summed E-state index contributed by atoms with van der Waals surface area (Å²) in [5, 5.41) is 1.29. The lowest BCUT2D eigenvalue weighted by Crippen LogP contribution is -1.91. The molecule has 1 aromatic heterocycles. The summed E-state index contributed by atoms with van der Waals surface area (Å²) in [4.78, 5) is 4.61. The number of nitrogens with zero attached hydrogens (tertiary/aromatic N) is 1. The van der Waals surface area contributed by atoms with Crippen LogP contribution in [0.1, 0.15) is 23.7 Å². The largest absolute Gasteiger partial charge is 0.253 e. The van der Waals surface area contributed by atoms with Gasteiger partial charge in [0.15, 0.2) is 0 Å². The number of hydrogen-bond acceptors (Lipinski definition) is 1. The number of pyridine rings is 1. The summed E-state index contributed by atoms with van der Waals surface area (Å²) in [5.74, 6) is 0. The van der Waals surface area contributed by atoms with E-state index in [1.54, 1.807) is 0 Å². The van der Waals surface area contributed by atoms with Crippen molar-refractivity contribution in [1.29, 1.82) is 0 Å². The summed E-state index contributed by atoms with van der Waals surface area (Å²) >= 11 is 0. The molecule has 0 bridgehead atoms. The van der Waals surface area contributed by atoms with Crippen LogP contribution < -0.4 is 0 Å². The van der Waals surface area contributed by atoms with Crippen LogP contribution >= 0.6 is 0 Å². The highest BCUT2D eigenvalue weighted by Gasteiger charge is 2.03. The number of aryl methyl sites for hydroxylation is 3. The average Bonchev–Trinajstić information content (AvgIpc) is 2.18. The lowest BCUT2D eigenvalue weighted by Gasteiger charge is -2.06. The van der Waals surface area contributed by atoms with Crippen molar-refractivity contribution < 1.29 is 0 Å². The van der Waals surface area contributed by atoms with Gasteiger partial charge < -0.3 is 0 Å². The van der Waals surface area contributed by atoms with Gasteiger partial charge in [-0.2, -0.15) is 0 Å². The van der Waals surface area contributed by atoms with Crippen molar-refractivity contribution in [3.05, 3.63) is 41.1 Å². The maximum atomic E-state index is 4.61.